The van der Waals surface area contributed by atoms with Gasteiger partial charge in [0.1, 0.15) is 0 Å². The Morgan fingerprint density at radius 3 is 1.67 bits per heavy atom. The summed E-state index contributed by atoms with van der Waals surface area (Å²) in [4.78, 5) is 2.38. The molecule has 1 nitrogen and oxygen atoms in total. The van der Waals surface area contributed by atoms with Gasteiger partial charge in [0.15, 0.2) is 0 Å². The largest absolute Gasteiger partial charge is 0.304 e. The molecule has 0 saturated carbocycles. The lowest BCUT2D eigenvalue weighted by Crippen LogP contribution is -2.21. The van der Waals surface area contributed by atoms with Crippen LogP contribution in [0.25, 0.3) is 0 Å². The first-order valence-corrected chi connectivity index (χ1v) is 5.52. The summed E-state index contributed by atoms with van der Waals surface area (Å²) in [6.45, 7) is 10.1. The summed E-state index contributed by atoms with van der Waals surface area (Å²) in [7, 11) is 0. The van der Waals surface area contributed by atoms with Crippen LogP contribution in [-0.2, 0) is 0 Å². The third-order valence-corrected chi connectivity index (χ3v) is 2.28. The van der Waals surface area contributed by atoms with E-state index in [0.717, 1.165) is 5.56 Å². The molecule has 1 rings (SSSR count). The van der Waals surface area contributed by atoms with Gasteiger partial charge < -0.3 is 4.90 Å². The zero-order chi connectivity index (χ0) is 11.5. The molecule has 0 aromatic heterocycles. The van der Waals surface area contributed by atoms with Crippen molar-refractivity contribution in [2.24, 2.45) is 0 Å². The molecule has 82 valence electrons. The van der Waals surface area contributed by atoms with Gasteiger partial charge in [-0.2, -0.15) is 0 Å². The number of rotatable bonds is 3. The molecule has 1 aromatic carbocycles. The Morgan fingerprint density at radius 2 is 1.47 bits per heavy atom. The number of nitrogens with zero attached hydrogens (tertiary/aromatic N) is 1. The summed E-state index contributed by atoms with van der Waals surface area (Å²) >= 11 is 0. The molecule has 0 fully saturated rings. The predicted molar refractivity (Wildman–Crippen MR) is 67.8 cm³/mol. The summed E-state index contributed by atoms with van der Waals surface area (Å²) in [5.74, 6) is 2.53. The summed E-state index contributed by atoms with van der Waals surface area (Å²) in [6, 6.07) is 9.60. The Balaban J connectivity index is 0.000000265. The number of hydrogen-bond acceptors (Lipinski definition) is 1. The highest BCUT2D eigenvalue weighted by atomic mass is 15.1. The second-order valence-electron chi connectivity index (χ2n) is 3.13. The molecule has 0 aliphatic heterocycles. The molecule has 0 unspecified atom stereocenters. The lowest BCUT2D eigenvalue weighted by atomic mass is 10.2. The monoisotopic (exact) mass is 203 g/mol. The molecule has 0 amide bonds. The smallest absolute Gasteiger partial charge is 0.0242 e. The average Bonchev–Trinajstić information content (AvgIpc) is 2.33. The lowest BCUT2D eigenvalue weighted by Gasteiger charge is -2.13. The van der Waals surface area contributed by atoms with Crippen LogP contribution in [-0.4, -0.2) is 24.5 Å². The third-order valence-electron chi connectivity index (χ3n) is 2.28. The van der Waals surface area contributed by atoms with Gasteiger partial charge in [-0.05, 0) is 31.8 Å². The van der Waals surface area contributed by atoms with E-state index in [4.69, 9.17) is 6.42 Å². The molecule has 0 saturated heterocycles. The van der Waals surface area contributed by atoms with Gasteiger partial charge in [-0.1, -0.05) is 44.9 Å². The zero-order valence-electron chi connectivity index (χ0n) is 10.0. The van der Waals surface area contributed by atoms with E-state index in [1.54, 1.807) is 0 Å². The second kappa shape index (κ2) is 9.30. The number of benzene rings is 1. The summed E-state index contributed by atoms with van der Waals surface area (Å²) in [6.07, 6.45) is 5.10. The molecule has 0 spiro atoms. The van der Waals surface area contributed by atoms with Crippen LogP contribution in [0.4, 0.5) is 0 Å². The van der Waals surface area contributed by atoms with Gasteiger partial charge in [-0.25, -0.2) is 0 Å². The number of terminal acetylenes is 1. The molecule has 0 N–H and O–H groups in total. The van der Waals surface area contributed by atoms with Crippen molar-refractivity contribution in [2.75, 3.05) is 19.6 Å². The summed E-state index contributed by atoms with van der Waals surface area (Å²) in [5, 5.41) is 0. The van der Waals surface area contributed by atoms with E-state index < -0.39 is 0 Å². The van der Waals surface area contributed by atoms with Gasteiger partial charge in [0, 0.05) is 5.56 Å². The normalized spacial score (nSPS) is 9.00. The fraction of sp³-hybridized carbons (Fsp3) is 0.429. The van der Waals surface area contributed by atoms with E-state index in [1.807, 2.05) is 30.3 Å². The Labute approximate surface area is 94.1 Å². The quantitative estimate of drug-likeness (QED) is 0.683. The maximum Gasteiger partial charge on any atom is 0.0242 e. The number of hydrogen-bond donors (Lipinski definition) is 0. The van der Waals surface area contributed by atoms with Crippen molar-refractivity contribution in [3.8, 4) is 12.3 Å². The van der Waals surface area contributed by atoms with E-state index in [9.17, 15) is 0 Å². The second-order valence-corrected chi connectivity index (χ2v) is 3.13. The standard InChI is InChI=1S/C8H6.C6H15N/c1-2-8-6-4-3-5-7-8;1-4-7(5-2)6-3/h1,3-7H;4-6H2,1-3H3. The van der Waals surface area contributed by atoms with Gasteiger partial charge in [0.25, 0.3) is 0 Å². The summed E-state index contributed by atoms with van der Waals surface area (Å²) in [5.41, 5.74) is 0.938. The van der Waals surface area contributed by atoms with E-state index in [2.05, 4.69) is 31.6 Å². The molecular weight excluding hydrogens is 182 g/mol. The van der Waals surface area contributed by atoms with Crippen LogP contribution in [0.5, 0.6) is 0 Å². The van der Waals surface area contributed by atoms with Crippen LogP contribution >= 0.6 is 0 Å². The molecular formula is C14H21N. The first-order valence-electron chi connectivity index (χ1n) is 5.52. The molecule has 0 heterocycles. The van der Waals surface area contributed by atoms with Gasteiger partial charge in [0.05, 0.1) is 0 Å². The average molecular weight is 203 g/mol. The van der Waals surface area contributed by atoms with Gasteiger partial charge in [0.2, 0.25) is 0 Å². The molecule has 1 aromatic rings. The molecule has 0 radical (unpaired) electrons. The zero-order valence-corrected chi connectivity index (χ0v) is 10.0. The predicted octanol–water partition coefficient (Wildman–Crippen LogP) is 3.02. The first-order chi connectivity index (χ1) is 7.28. The molecule has 0 aliphatic rings. The fourth-order valence-electron chi connectivity index (χ4n) is 1.21. The summed E-state index contributed by atoms with van der Waals surface area (Å²) < 4.78 is 0. The van der Waals surface area contributed by atoms with Crippen LogP contribution in [0.1, 0.15) is 26.3 Å². The van der Waals surface area contributed by atoms with Crippen molar-refractivity contribution < 1.29 is 0 Å². The Kier molecular flexibility index (Phi) is 8.52. The Bertz CT molecular complexity index is 262. The minimum Gasteiger partial charge on any atom is -0.304 e. The third kappa shape index (κ3) is 6.76. The van der Waals surface area contributed by atoms with Crippen LogP contribution in [0.2, 0.25) is 0 Å². The van der Waals surface area contributed by atoms with Crippen LogP contribution in [0.15, 0.2) is 30.3 Å². The van der Waals surface area contributed by atoms with Crippen molar-refractivity contribution >= 4 is 0 Å². The van der Waals surface area contributed by atoms with Crippen molar-refractivity contribution in [1.29, 1.82) is 0 Å². The maximum atomic E-state index is 5.10. The van der Waals surface area contributed by atoms with Crippen LogP contribution in [0.3, 0.4) is 0 Å². The molecule has 0 bridgehead atoms. The van der Waals surface area contributed by atoms with Crippen LogP contribution in [0, 0.1) is 12.3 Å². The lowest BCUT2D eigenvalue weighted by molar-refractivity contribution is 0.321. The highest BCUT2D eigenvalue weighted by Crippen LogP contribution is 1.93. The highest BCUT2D eigenvalue weighted by Gasteiger charge is 1.89. The van der Waals surface area contributed by atoms with E-state index in [1.165, 1.54) is 19.6 Å². The molecule has 15 heavy (non-hydrogen) atoms. The van der Waals surface area contributed by atoms with E-state index in [0.29, 0.717) is 0 Å². The topological polar surface area (TPSA) is 3.24 Å². The minimum absolute atomic E-state index is 0.938. The van der Waals surface area contributed by atoms with Crippen molar-refractivity contribution in [2.45, 2.75) is 20.8 Å². The van der Waals surface area contributed by atoms with Crippen molar-refractivity contribution in [3.05, 3.63) is 35.9 Å². The highest BCUT2D eigenvalue weighted by molar-refractivity contribution is 5.30. The molecule has 0 atom stereocenters. The van der Waals surface area contributed by atoms with Gasteiger partial charge in [-0.15, -0.1) is 6.42 Å². The minimum atomic E-state index is 0.938. The molecule has 0 aliphatic carbocycles. The van der Waals surface area contributed by atoms with Gasteiger partial charge in [-0.3, -0.25) is 0 Å². The van der Waals surface area contributed by atoms with E-state index in [-0.39, 0.29) is 0 Å². The fourth-order valence-corrected chi connectivity index (χ4v) is 1.21. The van der Waals surface area contributed by atoms with E-state index >= 15 is 0 Å². The maximum absolute atomic E-state index is 5.10. The first kappa shape index (κ1) is 13.7. The van der Waals surface area contributed by atoms with Crippen molar-refractivity contribution in [3.63, 3.8) is 0 Å². The van der Waals surface area contributed by atoms with Crippen molar-refractivity contribution in [1.82, 2.24) is 4.90 Å². The van der Waals surface area contributed by atoms with Crippen LogP contribution < -0.4 is 0 Å². The van der Waals surface area contributed by atoms with Gasteiger partial charge >= 0.3 is 0 Å². The molecule has 1 heteroatoms. The SMILES string of the molecule is C#Cc1ccccc1.CCN(CC)CC. The Morgan fingerprint density at radius 1 is 1.00 bits per heavy atom. The Hall–Kier alpha value is -1.26.